The second kappa shape index (κ2) is 7.24. The molecule has 2 amide bonds. The molecular formula is C21H21FN2O4. The molecule has 0 spiro atoms. The first kappa shape index (κ1) is 18.4. The summed E-state index contributed by atoms with van der Waals surface area (Å²) >= 11 is 0. The van der Waals surface area contributed by atoms with Gasteiger partial charge in [0.05, 0.1) is 32.4 Å². The number of rotatable bonds is 4. The predicted octanol–water partition coefficient (Wildman–Crippen LogP) is 2.53. The molecule has 2 heterocycles. The highest BCUT2D eigenvalue weighted by molar-refractivity contribution is 6.22. The Hall–Kier alpha value is -2.93. The highest BCUT2D eigenvalue weighted by Gasteiger charge is 2.44. The van der Waals surface area contributed by atoms with Crippen molar-refractivity contribution < 1.29 is 23.5 Å². The molecule has 1 saturated heterocycles. The summed E-state index contributed by atoms with van der Waals surface area (Å²) in [4.78, 5) is 28.4. The lowest BCUT2D eigenvalue weighted by Crippen LogP contribution is -2.44. The molecule has 2 aliphatic rings. The van der Waals surface area contributed by atoms with E-state index in [1.54, 1.807) is 20.3 Å². The van der Waals surface area contributed by atoms with Crippen LogP contribution < -0.4 is 14.4 Å². The second-order valence-corrected chi connectivity index (χ2v) is 6.94. The lowest BCUT2D eigenvalue weighted by molar-refractivity contribution is -0.123. The minimum Gasteiger partial charge on any atom is -0.493 e. The topological polar surface area (TPSA) is 59.1 Å². The number of methoxy groups -OCH3 is 2. The van der Waals surface area contributed by atoms with Crippen LogP contribution in [0.4, 0.5) is 10.1 Å². The van der Waals surface area contributed by atoms with Crippen LogP contribution in [-0.2, 0) is 22.6 Å². The molecule has 146 valence electrons. The summed E-state index contributed by atoms with van der Waals surface area (Å²) in [5.41, 5.74) is 2.19. The number of ether oxygens (including phenoxy) is 2. The van der Waals surface area contributed by atoms with Crippen LogP contribution in [0.3, 0.4) is 0 Å². The van der Waals surface area contributed by atoms with Crippen LogP contribution in [0.15, 0.2) is 36.4 Å². The molecule has 0 bridgehead atoms. The maximum Gasteiger partial charge on any atom is 0.251 e. The van der Waals surface area contributed by atoms with Gasteiger partial charge in [0, 0.05) is 13.1 Å². The number of hydrogen-bond acceptors (Lipinski definition) is 5. The number of nitrogens with zero attached hydrogens (tertiary/aromatic N) is 2. The largest absolute Gasteiger partial charge is 0.493 e. The normalized spacial score (nSPS) is 19.7. The number of para-hydroxylation sites is 1. The van der Waals surface area contributed by atoms with Crippen molar-refractivity contribution in [3.8, 4) is 11.5 Å². The zero-order valence-electron chi connectivity index (χ0n) is 15.8. The van der Waals surface area contributed by atoms with Crippen LogP contribution in [0.5, 0.6) is 11.5 Å². The van der Waals surface area contributed by atoms with Crippen LogP contribution in [0.1, 0.15) is 17.5 Å². The van der Waals surface area contributed by atoms with Crippen LogP contribution in [0.25, 0.3) is 0 Å². The van der Waals surface area contributed by atoms with E-state index >= 15 is 0 Å². The maximum absolute atomic E-state index is 14.1. The highest BCUT2D eigenvalue weighted by atomic mass is 19.1. The number of anilines is 1. The van der Waals surface area contributed by atoms with Crippen molar-refractivity contribution in [3.63, 3.8) is 0 Å². The number of fused-ring (bicyclic) bond motifs is 1. The average molecular weight is 384 g/mol. The monoisotopic (exact) mass is 384 g/mol. The van der Waals surface area contributed by atoms with Crippen LogP contribution >= 0.6 is 0 Å². The molecule has 2 aromatic carbocycles. The number of imide groups is 1. The van der Waals surface area contributed by atoms with E-state index in [1.807, 2.05) is 17.0 Å². The Labute approximate surface area is 162 Å². The van der Waals surface area contributed by atoms with E-state index in [-0.39, 0.29) is 23.9 Å². The van der Waals surface area contributed by atoms with Gasteiger partial charge in [-0.2, -0.15) is 0 Å². The molecule has 28 heavy (non-hydrogen) atoms. The Bertz CT molecular complexity index is 946. The molecule has 1 fully saturated rings. The highest BCUT2D eigenvalue weighted by Crippen LogP contribution is 2.35. The molecule has 1 atom stereocenters. The molecule has 2 aliphatic heterocycles. The minimum atomic E-state index is -0.589. The summed E-state index contributed by atoms with van der Waals surface area (Å²) < 4.78 is 24.9. The van der Waals surface area contributed by atoms with E-state index < -0.39 is 11.9 Å². The Balaban J connectivity index is 1.59. The SMILES string of the molecule is COc1cc2c(cc1OC)CN([C@H]1CC(=O)N(c3ccccc3F)C1=O)CC2. The van der Waals surface area contributed by atoms with Gasteiger partial charge in [0.25, 0.3) is 5.91 Å². The Morgan fingerprint density at radius 3 is 2.39 bits per heavy atom. The fourth-order valence-corrected chi connectivity index (χ4v) is 3.96. The van der Waals surface area contributed by atoms with Crippen molar-refractivity contribution in [2.75, 3.05) is 25.7 Å². The number of carbonyl (C=O) groups is 2. The molecule has 4 rings (SSSR count). The van der Waals surface area contributed by atoms with Crippen molar-refractivity contribution >= 4 is 17.5 Å². The molecule has 0 aromatic heterocycles. The summed E-state index contributed by atoms with van der Waals surface area (Å²) in [5.74, 6) is -0.0274. The quantitative estimate of drug-likeness (QED) is 0.759. The van der Waals surface area contributed by atoms with Gasteiger partial charge in [-0.3, -0.25) is 14.5 Å². The third-order valence-electron chi connectivity index (χ3n) is 5.40. The molecule has 2 aromatic rings. The van der Waals surface area contributed by atoms with Crippen molar-refractivity contribution in [2.24, 2.45) is 0 Å². The first-order valence-electron chi connectivity index (χ1n) is 9.12. The Morgan fingerprint density at radius 1 is 1.04 bits per heavy atom. The third kappa shape index (κ3) is 3.01. The number of halogens is 1. The second-order valence-electron chi connectivity index (χ2n) is 6.94. The van der Waals surface area contributed by atoms with Gasteiger partial charge in [-0.15, -0.1) is 0 Å². The van der Waals surface area contributed by atoms with Crippen LogP contribution in [0, 0.1) is 5.82 Å². The lowest BCUT2D eigenvalue weighted by Gasteiger charge is -2.32. The fourth-order valence-electron chi connectivity index (χ4n) is 3.96. The molecule has 0 saturated carbocycles. The number of carbonyl (C=O) groups excluding carboxylic acids is 2. The zero-order valence-corrected chi connectivity index (χ0v) is 15.8. The molecule has 0 unspecified atom stereocenters. The van der Waals surface area contributed by atoms with Crippen molar-refractivity contribution in [2.45, 2.75) is 25.4 Å². The Kier molecular flexibility index (Phi) is 4.77. The van der Waals surface area contributed by atoms with Gasteiger partial charge in [0.15, 0.2) is 11.5 Å². The number of amides is 2. The molecule has 7 heteroatoms. The Morgan fingerprint density at radius 2 is 1.71 bits per heavy atom. The summed E-state index contributed by atoms with van der Waals surface area (Å²) in [6.45, 7) is 1.15. The molecular weight excluding hydrogens is 363 g/mol. The van der Waals surface area contributed by atoms with E-state index in [0.717, 1.165) is 22.4 Å². The summed E-state index contributed by atoms with van der Waals surface area (Å²) in [6.07, 6.45) is 0.781. The average Bonchev–Trinajstić information content (AvgIpc) is 3.01. The van der Waals surface area contributed by atoms with E-state index in [0.29, 0.717) is 24.6 Å². The van der Waals surface area contributed by atoms with E-state index in [1.165, 1.54) is 18.2 Å². The molecule has 6 nitrogen and oxygen atoms in total. The van der Waals surface area contributed by atoms with Gasteiger partial charge >= 0.3 is 0 Å². The molecule has 0 aliphatic carbocycles. The van der Waals surface area contributed by atoms with E-state index in [9.17, 15) is 14.0 Å². The lowest BCUT2D eigenvalue weighted by atomic mass is 9.97. The summed E-state index contributed by atoms with van der Waals surface area (Å²) in [7, 11) is 3.18. The summed E-state index contributed by atoms with van der Waals surface area (Å²) in [5, 5.41) is 0. The van der Waals surface area contributed by atoms with Gasteiger partial charge in [-0.1, -0.05) is 12.1 Å². The molecule has 0 N–H and O–H groups in total. The minimum absolute atomic E-state index is 0.0174. The van der Waals surface area contributed by atoms with Gasteiger partial charge in [0.1, 0.15) is 5.82 Å². The standard InChI is InChI=1S/C21H21FN2O4/c1-27-18-9-13-7-8-23(12-14(13)10-19(18)28-2)17-11-20(25)24(21(17)26)16-6-4-3-5-15(16)22/h3-6,9-10,17H,7-8,11-12H2,1-2H3/t17-/m0/s1. The van der Waals surface area contributed by atoms with Crippen LogP contribution in [-0.4, -0.2) is 43.5 Å². The van der Waals surface area contributed by atoms with E-state index in [2.05, 4.69) is 0 Å². The zero-order chi connectivity index (χ0) is 19.8. The van der Waals surface area contributed by atoms with Crippen molar-refractivity contribution in [3.05, 3.63) is 53.3 Å². The van der Waals surface area contributed by atoms with Crippen molar-refractivity contribution in [1.82, 2.24) is 4.90 Å². The van der Waals surface area contributed by atoms with Crippen molar-refractivity contribution in [1.29, 1.82) is 0 Å². The van der Waals surface area contributed by atoms with E-state index in [4.69, 9.17) is 9.47 Å². The first-order chi connectivity index (χ1) is 13.5. The van der Waals surface area contributed by atoms with Gasteiger partial charge < -0.3 is 9.47 Å². The maximum atomic E-state index is 14.1. The third-order valence-corrected chi connectivity index (χ3v) is 5.40. The molecule has 0 radical (unpaired) electrons. The van der Waals surface area contributed by atoms with Crippen LogP contribution in [0.2, 0.25) is 0 Å². The van der Waals surface area contributed by atoms with Gasteiger partial charge in [-0.25, -0.2) is 9.29 Å². The number of benzene rings is 2. The first-order valence-corrected chi connectivity index (χ1v) is 9.12. The predicted molar refractivity (Wildman–Crippen MR) is 101 cm³/mol. The number of hydrogen-bond donors (Lipinski definition) is 0. The summed E-state index contributed by atoms with van der Waals surface area (Å²) in [6, 6.07) is 9.13. The van der Waals surface area contributed by atoms with Gasteiger partial charge in [0.2, 0.25) is 5.91 Å². The van der Waals surface area contributed by atoms with Gasteiger partial charge in [-0.05, 0) is 41.8 Å². The smallest absolute Gasteiger partial charge is 0.251 e. The fraction of sp³-hybridized carbons (Fsp3) is 0.333.